The SMILES string of the molecule is CNc1nc(N[C@H]2CC[C@H](C(=O)NCc3ccc(Cl)cc3Cl)CC2)nc(-c2ccccc2)n1. The third-order valence-electron chi connectivity index (χ3n) is 5.79. The van der Waals surface area contributed by atoms with Crippen LogP contribution in [0.2, 0.25) is 10.0 Å². The van der Waals surface area contributed by atoms with Gasteiger partial charge in [0.2, 0.25) is 17.8 Å². The lowest BCUT2D eigenvalue weighted by atomic mass is 9.85. The number of carbonyl (C=O) groups excluding carboxylic acids is 1. The number of anilines is 2. The fourth-order valence-corrected chi connectivity index (χ4v) is 4.42. The molecule has 1 aromatic heterocycles. The number of hydrogen-bond donors (Lipinski definition) is 3. The van der Waals surface area contributed by atoms with Crippen LogP contribution in [-0.4, -0.2) is 33.9 Å². The highest BCUT2D eigenvalue weighted by atomic mass is 35.5. The molecule has 9 heteroatoms. The number of amides is 1. The molecule has 0 radical (unpaired) electrons. The lowest BCUT2D eigenvalue weighted by Crippen LogP contribution is -2.36. The number of carbonyl (C=O) groups is 1. The Morgan fingerprint density at radius 2 is 1.70 bits per heavy atom. The van der Waals surface area contributed by atoms with Gasteiger partial charge >= 0.3 is 0 Å². The first-order chi connectivity index (χ1) is 16.0. The highest BCUT2D eigenvalue weighted by Crippen LogP contribution is 2.27. The normalized spacial score (nSPS) is 17.9. The molecule has 1 fully saturated rings. The standard InChI is InChI=1S/C24H26Cl2N6O/c1-27-23-30-21(15-5-3-2-4-6-15)31-24(32-23)29-19-11-8-16(9-12-19)22(33)28-14-17-7-10-18(25)13-20(17)26/h2-7,10,13,16,19H,8-9,11-12,14H2,1H3,(H,28,33)(H2,27,29,30,31,32)/t16-,19-. The molecule has 7 nitrogen and oxygen atoms in total. The average molecular weight is 485 g/mol. The zero-order valence-corrected chi connectivity index (χ0v) is 19.8. The molecule has 3 N–H and O–H groups in total. The Hall–Kier alpha value is -2.90. The number of aromatic nitrogens is 3. The second-order valence-corrected chi connectivity index (χ2v) is 8.91. The summed E-state index contributed by atoms with van der Waals surface area (Å²) in [6.45, 7) is 0.396. The molecule has 3 aromatic rings. The molecule has 0 aliphatic heterocycles. The Labute approximate surface area is 203 Å². The van der Waals surface area contributed by atoms with E-state index in [4.69, 9.17) is 23.2 Å². The molecule has 0 saturated heterocycles. The van der Waals surface area contributed by atoms with Gasteiger partial charge in [0.15, 0.2) is 5.82 Å². The fourth-order valence-electron chi connectivity index (χ4n) is 3.94. The van der Waals surface area contributed by atoms with Crippen molar-refractivity contribution in [3.8, 4) is 11.4 Å². The van der Waals surface area contributed by atoms with Gasteiger partial charge in [0, 0.05) is 41.2 Å². The van der Waals surface area contributed by atoms with Gasteiger partial charge in [-0.3, -0.25) is 4.79 Å². The van der Waals surface area contributed by atoms with E-state index in [2.05, 4.69) is 30.9 Å². The van der Waals surface area contributed by atoms with Gasteiger partial charge in [-0.1, -0.05) is 59.6 Å². The van der Waals surface area contributed by atoms with Crippen LogP contribution < -0.4 is 16.0 Å². The molecule has 0 unspecified atom stereocenters. The van der Waals surface area contributed by atoms with E-state index in [0.717, 1.165) is 36.8 Å². The number of hydrogen-bond acceptors (Lipinski definition) is 6. The smallest absolute Gasteiger partial charge is 0.228 e. The summed E-state index contributed by atoms with van der Waals surface area (Å²) < 4.78 is 0. The molecular weight excluding hydrogens is 459 g/mol. The number of nitrogens with zero attached hydrogens (tertiary/aromatic N) is 3. The van der Waals surface area contributed by atoms with Crippen molar-refractivity contribution in [2.45, 2.75) is 38.3 Å². The van der Waals surface area contributed by atoms with E-state index in [-0.39, 0.29) is 17.9 Å². The number of nitrogens with one attached hydrogen (secondary N) is 3. The van der Waals surface area contributed by atoms with Crippen LogP contribution in [0, 0.1) is 5.92 Å². The Bertz CT molecular complexity index is 1100. The van der Waals surface area contributed by atoms with Crippen molar-refractivity contribution in [2.24, 2.45) is 5.92 Å². The van der Waals surface area contributed by atoms with Gasteiger partial charge in [0.25, 0.3) is 0 Å². The largest absolute Gasteiger partial charge is 0.357 e. The number of halogens is 2. The Morgan fingerprint density at radius 1 is 0.970 bits per heavy atom. The zero-order valence-electron chi connectivity index (χ0n) is 18.3. The molecule has 0 spiro atoms. The van der Waals surface area contributed by atoms with Gasteiger partial charge in [0.05, 0.1) is 0 Å². The Kier molecular flexibility index (Phi) is 7.62. The van der Waals surface area contributed by atoms with Crippen molar-refractivity contribution >= 4 is 41.0 Å². The number of rotatable bonds is 7. The van der Waals surface area contributed by atoms with Gasteiger partial charge in [0.1, 0.15) is 0 Å². The maximum atomic E-state index is 12.7. The third-order valence-corrected chi connectivity index (χ3v) is 6.38. The lowest BCUT2D eigenvalue weighted by molar-refractivity contribution is -0.126. The van der Waals surface area contributed by atoms with Gasteiger partial charge < -0.3 is 16.0 Å². The number of benzene rings is 2. The first-order valence-electron chi connectivity index (χ1n) is 11.0. The molecule has 0 bridgehead atoms. The Balaban J connectivity index is 1.32. The molecular formula is C24H26Cl2N6O. The minimum absolute atomic E-state index is 0.0137. The van der Waals surface area contributed by atoms with Gasteiger partial charge in [-0.2, -0.15) is 15.0 Å². The van der Waals surface area contributed by atoms with Crippen molar-refractivity contribution in [3.05, 3.63) is 64.1 Å². The van der Waals surface area contributed by atoms with Crippen molar-refractivity contribution in [3.63, 3.8) is 0 Å². The van der Waals surface area contributed by atoms with Gasteiger partial charge in [-0.25, -0.2) is 0 Å². The molecule has 1 aliphatic carbocycles. The summed E-state index contributed by atoms with van der Waals surface area (Å²) in [5.74, 6) is 1.72. The van der Waals surface area contributed by atoms with Crippen LogP contribution in [0.15, 0.2) is 48.5 Å². The Morgan fingerprint density at radius 3 is 2.39 bits per heavy atom. The van der Waals surface area contributed by atoms with Crippen LogP contribution in [-0.2, 0) is 11.3 Å². The molecule has 1 amide bonds. The summed E-state index contributed by atoms with van der Waals surface area (Å²) in [5, 5.41) is 10.6. The molecule has 0 atom stereocenters. The van der Waals surface area contributed by atoms with Gasteiger partial charge in [-0.05, 0) is 43.4 Å². The predicted octanol–water partition coefficient (Wildman–Crippen LogP) is 5.17. The first-order valence-corrected chi connectivity index (χ1v) is 11.7. The second-order valence-electron chi connectivity index (χ2n) is 8.07. The van der Waals surface area contributed by atoms with Crippen LogP contribution >= 0.6 is 23.2 Å². The highest BCUT2D eigenvalue weighted by molar-refractivity contribution is 6.35. The van der Waals surface area contributed by atoms with Crippen LogP contribution in [0.4, 0.5) is 11.9 Å². The summed E-state index contributed by atoms with van der Waals surface area (Å²) in [6, 6.07) is 15.3. The van der Waals surface area contributed by atoms with Crippen molar-refractivity contribution in [1.82, 2.24) is 20.3 Å². The van der Waals surface area contributed by atoms with E-state index in [0.29, 0.717) is 34.3 Å². The average Bonchev–Trinajstić information content (AvgIpc) is 2.84. The topological polar surface area (TPSA) is 91.8 Å². The maximum Gasteiger partial charge on any atom is 0.228 e. The van der Waals surface area contributed by atoms with E-state index in [1.54, 1.807) is 19.2 Å². The van der Waals surface area contributed by atoms with Gasteiger partial charge in [-0.15, -0.1) is 0 Å². The fraction of sp³-hybridized carbons (Fsp3) is 0.333. The second kappa shape index (κ2) is 10.8. The maximum absolute atomic E-state index is 12.7. The van der Waals surface area contributed by atoms with E-state index < -0.39 is 0 Å². The molecule has 4 rings (SSSR count). The van der Waals surface area contributed by atoms with Crippen molar-refractivity contribution < 1.29 is 4.79 Å². The van der Waals surface area contributed by atoms with Crippen LogP contribution in [0.1, 0.15) is 31.2 Å². The van der Waals surface area contributed by atoms with Crippen LogP contribution in [0.5, 0.6) is 0 Å². The van der Waals surface area contributed by atoms with Crippen LogP contribution in [0.25, 0.3) is 11.4 Å². The molecule has 33 heavy (non-hydrogen) atoms. The van der Waals surface area contributed by atoms with Crippen molar-refractivity contribution in [2.75, 3.05) is 17.7 Å². The monoisotopic (exact) mass is 484 g/mol. The lowest BCUT2D eigenvalue weighted by Gasteiger charge is -2.28. The van der Waals surface area contributed by atoms with Crippen molar-refractivity contribution in [1.29, 1.82) is 0 Å². The summed E-state index contributed by atoms with van der Waals surface area (Å²) in [4.78, 5) is 26.2. The minimum atomic E-state index is -0.0137. The van der Waals surface area contributed by atoms with Crippen LogP contribution in [0.3, 0.4) is 0 Å². The summed E-state index contributed by atoms with van der Waals surface area (Å²) in [6.07, 6.45) is 3.32. The van der Waals surface area contributed by atoms with E-state index in [1.165, 1.54) is 0 Å². The quantitative estimate of drug-likeness (QED) is 0.428. The molecule has 2 aromatic carbocycles. The summed E-state index contributed by atoms with van der Waals surface area (Å²) >= 11 is 12.1. The molecule has 172 valence electrons. The summed E-state index contributed by atoms with van der Waals surface area (Å²) in [5.41, 5.74) is 1.79. The summed E-state index contributed by atoms with van der Waals surface area (Å²) in [7, 11) is 1.79. The van der Waals surface area contributed by atoms with E-state index in [1.807, 2.05) is 36.4 Å². The van der Waals surface area contributed by atoms with E-state index in [9.17, 15) is 4.79 Å². The molecule has 1 saturated carbocycles. The first kappa shape index (κ1) is 23.3. The third kappa shape index (κ3) is 6.12. The zero-order chi connectivity index (χ0) is 23.2. The minimum Gasteiger partial charge on any atom is -0.357 e. The predicted molar refractivity (Wildman–Crippen MR) is 132 cm³/mol. The molecule has 1 heterocycles. The highest BCUT2D eigenvalue weighted by Gasteiger charge is 2.27. The van der Waals surface area contributed by atoms with E-state index >= 15 is 0 Å². The molecule has 1 aliphatic rings.